The van der Waals surface area contributed by atoms with Gasteiger partial charge in [-0.25, -0.2) is 13.1 Å². The quantitative estimate of drug-likeness (QED) is 0.834. The SMILES string of the molecule is CC(NS(=O)(=O)c1ccc(Cl)cc1N)C1CC2CCC1C2. The fourth-order valence-corrected chi connectivity index (χ4v) is 5.65. The number of benzene rings is 1. The molecule has 0 radical (unpaired) electrons. The zero-order chi connectivity index (χ0) is 15.2. The van der Waals surface area contributed by atoms with Crippen molar-refractivity contribution in [2.45, 2.75) is 43.5 Å². The molecule has 2 fully saturated rings. The number of fused-ring (bicyclic) bond motifs is 2. The highest BCUT2D eigenvalue weighted by molar-refractivity contribution is 7.89. The lowest BCUT2D eigenvalue weighted by atomic mass is 9.84. The van der Waals surface area contributed by atoms with Crippen molar-refractivity contribution >= 4 is 27.3 Å². The van der Waals surface area contributed by atoms with Crippen molar-refractivity contribution in [3.63, 3.8) is 0 Å². The van der Waals surface area contributed by atoms with Crippen LogP contribution >= 0.6 is 11.6 Å². The molecular weight excluding hydrogens is 308 g/mol. The highest BCUT2D eigenvalue weighted by atomic mass is 35.5. The first-order valence-corrected chi connectivity index (χ1v) is 9.30. The third kappa shape index (κ3) is 2.91. The Morgan fingerprint density at radius 2 is 2.10 bits per heavy atom. The molecule has 116 valence electrons. The minimum atomic E-state index is -3.59. The van der Waals surface area contributed by atoms with Crippen LogP contribution in [0.3, 0.4) is 0 Å². The van der Waals surface area contributed by atoms with Crippen molar-refractivity contribution in [2.75, 3.05) is 5.73 Å². The van der Waals surface area contributed by atoms with Gasteiger partial charge in [-0.05, 0) is 62.1 Å². The summed E-state index contributed by atoms with van der Waals surface area (Å²) in [6.45, 7) is 1.97. The van der Waals surface area contributed by atoms with Gasteiger partial charge in [-0.1, -0.05) is 18.0 Å². The number of nitrogens with two attached hydrogens (primary N) is 1. The van der Waals surface area contributed by atoms with Gasteiger partial charge in [-0.15, -0.1) is 0 Å². The third-order valence-electron chi connectivity index (χ3n) is 5.04. The largest absolute Gasteiger partial charge is 0.398 e. The van der Waals surface area contributed by atoms with E-state index in [9.17, 15) is 8.42 Å². The summed E-state index contributed by atoms with van der Waals surface area (Å²) in [6.07, 6.45) is 4.96. The first-order chi connectivity index (χ1) is 9.87. The topological polar surface area (TPSA) is 72.2 Å². The smallest absolute Gasteiger partial charge is 0.242 e. The standard InChI is InChI=1S/C15H21ClN2O2S/c1-9(13-7-10-2-3-11(13)6-10)18-21(19,20)15-5-4-12(16)8-14(15)17/h4-5,8-11,13,18H,2-3,6-7,17H2,1H3. The Bertz CT molecular complexity index is 647. The Balaban J connectivity index is 1.76. The molecule has 2 aliphatic carbocycles. The molecule has 4 unspecified atom stereocenters. The molecule has 6 heteroatoms. The van der Waals surface area contributed by atoms with Crippen LogP contribution in [-0.2, 0) is 10.0 Å². The number of sulfonamides is 1. The molecule has 0 aromatic heterocycles. The highest BCUT2D eigenvalue weighted by Crippen LogP contribution is 2.49. The second-order valence-electron chi connectivity index (χ2n) is 6.43. The number of halogens is 1. The molecule has 2 bridgehead atoms. The van der Waals surface area contributed by atoms with E-state index in [1.165, 1.54) is 31.4 Å². The number of hydrogen-bond acceptors (Lipinski definition) is 3. The number of nitrogen functional groups attached to an aromatic ring is 1. The molecule has 21 heavy (non-hydrogen) atoms. The van der Waals surface area contributed by atoms with Gasteiger partial charge in [0.25, 0.3) is 0 Å². The molecule has 0 heterocycles. The molecule has 4 nitrogen and oxygen atoms in total. The zero-order valence-corrected chi connectivity index (χ0v) is 13.6. The molecule has 4 atom stereocenters. The maximum Gasteiger partial charge on any atom is 0.242 e. The van der Waals surface area contributed by atoms with Crippen molar-refractivity contribution in [3.05, 3.63) is 23.2 Å². The number of rotatable bonds is 4. The molecule has 2 aliphatic rings. The van der Waals surface area contributed by atoms with Crippen LogP contribution < -0.4 is 10.5 Å². The first kappa shape index (κ1) is 15.1. The van der Waals surface area contributed by atoms with Crippen LogP contribution in [-0.4, -0.2) is 14.5 Å². The summed E-state index contributed by atoms with van der Waals surface area (Å²) in [5.41, 5.74) is 5.98. The van der Waals surface area contributed by atoms with Crippen LogP contribution in [0.25, 0.3) is 0 Å². The van der Waals surface area contributed by atoms with Gasteiger partial charge < -0.3 is 5.73 Å². The molecule has 1 aromatic carbocycles. The van der Waals surface area contributed by atoms with Crippen LogP contribution in [0, 0.1) is 17.8 Å². The van der Waals surface area contributed by atoms with Crippen molar-refractivity contribution in [1.82, 2.24) is 4.72 Å². The summed E-state index contributed by atoms with van der Waals surface area (Å²) >= 11 is 5.82. The van der Waals surface area contributed by atoms with Crippen molar-refractivity contribution < 1.29 is 8.42 Å². The molecule has 0 amide bonds. The summed E-state index contributed by atoms with van der Waals surface area (Å²) in [6, 6.07) is 4.43. The second-order valence-corrected chi connectivity index (χ2v) is 8.55. The average molecular weight is 329 g/mol. The van der Waals surface area contributed by atoms with Crippen LogP contribution in [0.2, 0.25) is 5.02 Å². The molecule has 0 spiro atoms. The van der Waals surface area contributed by atoms with Crippen LogP contribution in [0.5, 0.6) is 0 Å². The molecule has 0 aliphatic heterocycles. The molecular formula is C15H21ClN2O2S. The summed E-state index contributed by atoms with van der Waals surface area (Å²) in [7, 11) is -3.59. The van der Waals surface area contributed by atoms with Crippen LogP contribution in [0.1, 0.15) is 32.6 Å². The molecule has 1 aromatic rings. The zero-order valence-electron chi connectivity index (χ0n) is 12.0. The van der Waals surface area contributed by atoms with Gasteiger partial charge in [0.2, 0.25) is 10.0 Å². The van der Waals surface area contributed by atoms with E-state index in [0.29, 0.717) is 16.9 Å². The van der Waals surface area contributed by atoms with Crippen LogP contribution in [0.15, 0.2) is 23.1 Å². The Kier molecular flexibility index (Phi) is 3.93. The van der Waals surface area contributed by atoms with Crippen LogP contribution in [0.4, 0.5) is 5.69 Å². The van der Waals surface area contributed by atoms with Gasteiger partial charge in [-0.2, -0.15) is 0 Å². The number of nitrogens with one attached hydrogen (secondary N) is 1. The van der Waals surface area contributed by atoms with Crippen molar-refractivity contribution in [2.24, 2.45) is 17.8 Å². The lowest BCUT2D eigenvalue weighted by molar-refractivity contribution is 0.280. The Morgan fingerprint density at radius 1 is 1.33 bits per heavy atom. The van der Waals surface area contributed by atoms with E-state index in [0.717, 1.165) is 12.3 Å². The average Bonchev–Trinajstić information content (AvgIpc) is 2.99. The second kappa shape index (κ2) is 5.45. The minimum absolute atomic E-state index is 0.0552. The number of anilines is 1. The van der Waals surface area contributed by atoms with E-state index in [-0.39, 0.29) is 16.6 Å². The fraction of sp³-hybridized carbons (Fsp3) is 0.600. The van der Waals surface area contributed by atoms with Gasteiger partial charge in [0, 0.05) is 11.1 Å². The van der Waals surface area contributed by atoms with Gasteiger partial charge >= 0.3 is 0 Å². The molecule has 3 N–H and O–H groups in total. The summed E-state index contributed by atoms with van der Waals surface area (Å²) in [5.74, 6) is 1.93. The Hall–Kier alpha value is -0.780. The van der Waals surface area contributed by atoms with Gasteiger partial charge in [0.1, 0.15) is 4.90 Å². The van der Waals surface area contributed by atoms with Gasteiger partial charge in [0.15, 0.2) is 0 Å². The normalized spacial score (nSPS) is 29.7. The van der Waals surface area contributed by atoms with Crippen molar-refractivity contribution in [3.8, 4) is 0 Å². The monoisotopic (exact) mass is 328 g/mol. The Labute approximate surface area is 131 Å². The maximum absolute atomic E-state index is 12.5. The van der Waals surface area contributed by atoms with E-state index in [1.807, 2.05) is 6.92 Å². The van der Waals surface area contributed by atoms with E-state index in [4.69, 9.17) is 17.3 Å². The van der Waals surface area contributed by atoms with Gasteiger partial charge in [-0.3, -0.25) is 0 Å². The van der Waals surface area contributed by atoms with Gasteiger partial charge in [0.05, 0.1) is 5.69 Å². The van der Waals surface area contributed by atoms with E-state index in [1.54, 1.807) is 6.07 Å². The fourth-order valence-electron chi connectivity index (χ4n) is 4.07. The first-order valence-electron chi connectivity index (χ1n) is 7.44. The maximum atomic E-state index is 12.5. The van der Waals surface area contributed by atoms with E-state index < -0.39 is 10.0 Å². The summed E-state index contributed by atoms with van der Waals surface area (Å²) < 4.78 is 27.8. The lowest BCUT2D eigenvalue weighted by Crippen LogP contribution is -2.40. The van der Waals surface area contributed by atoms with E-state index in [2.05, 4.69) is 4.72 Å². The predicted octanol–water partition coefficient (Wildman–Crippen LogP) is 3.03. The highest BCUT2D eigenvalue weighted by Gasteiger charge is 2.42. The predicted molar refractivity (Wildman–Crippen MR) is 84.6 cm³/mol. The molecule has 0 saturated heterocycles. The Morgan fingerprint density at radius 3 is 2.67 bits per heavy atom. The van der Waals surface area contributed by atoms with Crippen molar-refractivity contribution in [1.29, 1.82) is 0 Å². The van der Waals surface area contributed by atoms with E-state index >= 15 is 0 Å². The summed E-state index contributed by atoms with van der Waals surface area (Å²) in [5, 5.41) is 0.438. The summed E-state index contributed by atoms with van der Waals surface area (Å²) in [4.78, 5) is 0.113. The third-order valence-corrected chi connectivity index (χ3v) is 6.91. The lowest BCUT2D eigenvalue weighted by Gasteiger charge is -2.28. The number of hydrogen-bond donors (Lipinski definition) is 2. The minimum Gasteiger partial charge on any atom is -0.398 e. The molecule has 2 saturated carbocycles. The molecule has 3 rings (SSSR count).